The van der Waals surface area contributed by atoms with Gasteiger partial charge in [0, 0.05) is 12.3 Å². The summed E-state index contributed by atoms with van der Waals surface area (Å²) in [5, 5.41) is 0.278. The zero-order chi connectivity index (χ0) is 11.9. The van der Waals surface area contributed by atoms with Crippen molar-refractivity contribution in [3.8, 4) is 0 Å². The normalized spacial score (nSPS) is 12.0. The zero-order valence-corrected chi connectivity index (χ0v) is 8.26. The maximum atomic E-state index is 12.6. The molecule has 0 N–H and O–H groups in total. The first-order valence-electron chi connectivity index (χ1n) is 4.50. The zero-order valence-electron chi connectivity index (χ0n) is 8.26. The van der Waals surface area contributed by atoms with E-state index in [1.54, 1.807) is 0 Å². The molecule has 1 aromatic heterocycles. The molecule has 0 aliphatic carbocycles. The highest BCUT2D eigenvalue weighted by molar-refractivity contribution is 5.96. The summed E-state index contributed by atoms with van der Waals surface area (Å²) >= 11 is 0. The average molecular weight is 228 g/mol. The summed E-state index contributed by atoms with van der Waals surface area (Å²) in [6.45, 7) is 1.24. The van der Waals surface area contributed by atoms with Crippen LogP contribution in [0.1, 0.15) is 23.0 Å². The van der Waals surface area contributed by atoms with Gasteiger partial charge in [0.2, 0.25) is 0 Å². The molecule has 84 valence electrons. The van der Waals surface area contributed by atoms with Gasteiger partial charge in [-0.25, -0.2) is 0 Å². The number of benzene rings is 1. The van der Waals surface area contributed by atoms with Gasteiger partial charge in [0.15, 0.2) is 11.5 Å². The van der Waals surface area contributed by atoms with Crippen molar-refractivity contribution in [2.24, 2.45) is 0 Å². The molecule has 0 unspecified atom stereocenters. The number of carbonyl (C=O) groups excluding carboxylic acids is 1. The SMILES string of the molecule is CC(=O)c1cc2cccc(C(F)(F)F)c2o1. The Morgan fingerprint density at radius 1 is 1.31 bits per heavy atom. The molecule has 2 nitrogen and oxygen atoms in total. The van der Waals surface area contributed by atoms with E-state index in [1.807, 2.05) is 0 Å². The predicted molar refractivity (Wildman–Crippen MR) is 51.2 cm³/mol. The van der Waals surface area contributed by atoms with Crippen molar-refractivity contribution in [1.82, 2.24) is 0 Å². The third kappa shape index (κ3) is 1.68. The van der Waals surface area contributed by atoms with Gasteiger partial charge in [0.1, 0.15) is 5.58 Å². The quantitative estimate of drug-likeness (QED) is 0.697. The average Bonchev–Trinajstić information content (AvgIpc) is 2.58. The Kier molecular flexibility index (Phi) is 2.26. The van der Waals surface area contributed by atoms with Crippen LogP contribution < -0.4 is 0 Å². The van der Waals surface area contributed by atoms with Crippen molar-refractivity contribution in [2.45, 2.75) is 13.1 Å². The van der Waals surface area contributed by atoms with Gasteiger partial charge in [-0.2, -0.15) is 13.2 Å². The summed E-state index contributed by atoms with van der Waals surface area (Å²) in [5.74, 6) is -0.462. The summed E-state index contributed by atoms with van der Waals surface area (Å²) < 4.78 is 42.7. The van der Waals surface area contributed by atoms with E-state index in [1.165, 1.54) is 25.1 Å². The van der Waals surface area contributed by atoms with Crippen molar-refractivity contribution < 1.29 is 22.4 Å². The third-order valence-corrected chi connectivity index (χ3v) is 2.20. The first kappa shape index (κ1) is 10.7. The van der Waals surface area contributed by atoms with E-state index in [0.717, 1.165) is 6.07 Å². The first-order chi connectivity index (χ1) is 7.39. The van der Waals surface area contributed by atoms with Crippen LogP contribution >= 0.6 is 0 Å². The number of para-hydroxylation sites is 1. The van der Waals surface area contributed by atoms with Crippen LogP contribution in [0, 0.1) is 0 Å². The molecule has 0 aliphatic rings. The smallest absolute Gasteiger partial charge is 0.420 e. The van der Waals surface area contributed by atoms with E-state index in [9.17, 15) is 18.0 Å². The maximum absolute atomic E-state index is 12.6. The van der Waals surface area contributed by atoms with Crippen molar-refractivity contribution in [1.29, 1.82) is 0 Å². The van der Waals surface area contributed by atoms with Crippen LogP contribution in [-0.2, 0) is 6.18 Å². The number of hydrogen-bond acceptors (Lipinski definition) is 2. The molecule has 0 radical (unpaired) electrons. The van der Waals surface area contributed by atoms with E-state index in [0.29, 0.717) is 0 Å². The predicted octanol–water partition coefficient (Wildman–Crippen LogP) is 3.65. The largest absolute Gasteiger partial charge is 0.452 e. The summed E-state index contributed by atoms with van der Waals surface area (Å²) in [5.41, 5.74) is -1.15. The van der Waals surface area contributed by atoms with Crippen LogP contribution in [0.25, 0.3) is 11.0 Å². The highest BCUT2D eigenvalue weighted by Crippen LogP contribution is 2.35. The fraction of sp³-hybridized carbons (Fsp3) is 0.182. The number of Topliss-reactive ketones (excluding diaryl/α,β-unsaturated/α-hetero) is 1. The number of ketones is 1. The minimum absolute atomic E-state index is 0.0632. The fourth-order valence-corrected chi connectivity index (χ4v) is 1.46. The molecule has 1 heterocycles. The second-order valence-corrected chi connectivity index (χ2v) is 3.39. The van der Waals surface area contributed by atoms with Crippen molar-refractivity contribution in [3.63, 3.8) is 0 Å². The van der Waals surface area contributed by atoms with Crippen LogP contribution in [0.3, 0.4) is 0 Å². The topological polar surface area (TPSA) is 30.2 Å². The lowest BCUT2D eigenvalue weighted by Crippen LogP contribution is -2.04. The number of halogens is 3. The number of fused-ring (bicyclic) bond motifs is 1. The number of rotatable bonds is 1. The van der Waals surface area contributed by atoms with Gasteiger partial charge in [-0.15, -0.1) is 0 Å². The molecule has 1 aromatic carbocycles. The highest BCUT2D eigenvalue weighted by Gasteiger charge is 2.34. The number of hydrogen-bond donors (Lipinski definition) is 0. The Balaban J connectivity index is 2.73. The highest BCUT2D eigenvalue weighted by atomic mass is 19.4. The molecular weight excluding hydrogens is 221 g/mol. The summed E-state index contributed by atoms with van der Waals surface area (Å²) in [7, 11) is 0. The number of alkyl halides is 3. The first-order valence-corrected chi connectivity index (χ1v) is 4.50. The van der Waals surface area contributed by atoms with Crippen LogP contribution in [0.4, 0.5) is 13.2 Å². The molecule has 0 aliphatic heterocycles. The van der Waals surface area contributed by atoms with Crippen LogP contribution in [0.5, 0.6) is 0 Å². The van der Waals surface area contributed by atoms with Crippen LogP contribution in [0.2, 0.25) is 0 Å². The third-order valence-electron chi connectivity index (χ3n) is 2.20. The van der Waals surface area contributed by atoms with E-state index in [2.05, 4.69) is 0 Å². The van der Waals surface area contributed by atoms with Crippen molar-refractivity contribution in [3.05, 3.63) is 35.6 Å². The van der Waals surface area contributed by atoms with E-state index < -0.39 is 17.5 Å². The molecule has 0 saturated heterocycles. The summed E-state index contributed by atoms with van der Waals surface area (Å²) in [6, 6.07) is 4.99. The lowest BCUT2D eigenvalue weighted by atomic mass is 10.1. The van der Waals surface area contributed by atoms with Gasteiger partial charge < -0.3 is 4.42 Å². The van der Waals surface area contributed by atoms with Gasteiger partial charge in [0.05, 0.1) is 5.56 Å². The summed E-state index contributed by atoms with van der Waals surface area (Å²) in [6.07, 6.45) is -4.48. The molecule has 0 saturated carbocycles. The molecule has 0 bridgehead atoms. The van der Waals surface area contributed by atoms with Gasteiger partial charge in [-0.1, -0.05) is 12.1 Å². The number of furan rings is 1. The summed E-state index contributed by atoms with van der Waals surface area (Å²) in [4.78, 5) is 11.0. The van der Waals surface area contributed by atoms with Gasteiger partial charge in [0.25, 0.3) is 0 Å². The fourth-order valence-electron chi connectivity index (χ4n) is 1.46. The second-order valence-electron chi connectivity index (χ2n) is 3.39. The standard InChI is InChI=1S/C11H7F3O2/c1-6(15)9-5-7-3-2-4-8(10(7)16-9)11(12,13)14/h2-5H,1H3. The van der Waals surface area contributed by atoms with Gasteiger partial charge in [-0.3, -0.25) is 4.79 Å². The number of carbonyl (C=O) groups is 1. The molecule has 0 atom stereocenters. The molecule has 2 aromatic rings. The lowest BCUT2D eigenvalue weighted by Gasteiger charge is -2.05. The molecule has 0 fully saturated rings. The lowest BCUT2D eigenvalue weighted by molar-refractivity contribution is -0.136. The molecule has 16 heavy (non-hydrogen) atoms. The minimum Gasteiger partial charge on any atom is -0.452 e. The van der Waals surface area contributed by atoms with Gasteiger partial charge >= 0.3 is 6.18 Å². The van der Waals surface area contributed by atoms with E-state index in [4.69, 9.17) is 4.42 Å². The molecular formula is C11H7F3O2. The van der Waals surface area contributed by atoms with Crippen LogP contribution in [-0.4, -0.2) is 5.78 Å². The monoisotopic (exact) mass is 228 g/mol. The molecule has 0 spiro atoms. The minimum atomic E-state index is -4.48. The Hall–Kier alpha value is -1.78. The Morgan fingerprint density at radius 2 is 2.00 bits per heavy atom. The second kappa shape index (κ2) is 3.37. The van der Waals surface area contributed by atoms with Gasteiger partial charge in [-0.05, 0) is 12.1 Å². The molecule has 2 rings (SSSR count). The van der Waals surface area contributed by atoms with E-state index in [-0.39, 0.29) is 16.7 Å². The molecule has 5 heteroatoms. The van der Waals surface area contributed by atoms with Crippen molar-refractivity contribution >= 4 is 16.8 Å². The molecule has 0 amide bonds. The van der Waals surface area contributed by atoms with E-state index >= 15 is 0 Å². The Bertz CT molecular complexity index is 552. The Morgan fingerprint density at radius 3 is 2.56 bits per heavy atom. The van der Waals surface area contributed by atoms with Crippen molar-refractivity contribution in [2.75, 3.05) is 0 Å². The Labute approximate surface area is 88.7 Å². The van der Waals surface area contributed by atoms with Crippen LogP contribution in [0.15, 0.2) is 28.7 Å². The maximum Gasteiger partial charge on any atom is 0.420 e.